The summed E-state index contributed by atoms with van der Waals surface area (Å²) in [6.07, 6.45) is 4.98. The predicted octanol–water partition coefficient (Wildman–Crippen LogP) is 4.27. The van der Waals surface area contributed by atoms with Gasteiger partial charge in [0.15, 0.2) is 11.5 Å². The van der Waals surface area contributed by atoms with E-state index in [4.69, 9.17) is 14.2 Å². The average molecular weight is 422 g/mol. The number of urea groups is 1. The molecule has 1 aromatic carbocycles. The Kier molecular flexibility index (Phi) is 7.78. The van der Waals surface area contributed by atoms with Gasteiger partial charge in [-0.15, -0.1) is 0 Å². The molecule has 8 heteroatoms. The lowest BCUT2D eigenvalue weighted by Gasteiger charge is -2.22. The summed E-state index contributed by atoms with van der Waals surface area (Å²) in [5.74, 6) is 1.59. The van der Waals surface area contributed by atoms with Crippen LogP contribution in [-0.4, -0.2) is 48.3 Å². The number of methoxy groups -OCH3 is 2. The summed E-state index contributed by atoms with van der Waals surface area (Å²) in [7, 11) is 3.19. The third kappa shape index (κ3) is 6.42. The Hall–Kier alpha value is -3.65. The molecule has 0 atom stereocenters. The first-order valence-corrected chi connectivity index (χ1v) is 9.81. The Morgan fingerprint density at radius 1 is 1.10 bits per heavy atom. The molecule has 0 aliphatic heterocycles. The molecule has 3 rings (SSSR count). The van der Waals surface area contributed by atoms with Crippen LogP contribution in [-0.2, 0) is 11.3 Å². The Balaban J connectivity index is 1.65. The maximum atomic E-state index is 12.8. The Labute approximate surface area is 181 Å². The molecule has 8 nitrogen and oxygen atoms in total. The highest BCUT2D eigenvalue weighted by Gasteiger charge is 2.15. The summed E-state index contributed by atoms with van der Waals surface area (Å²) in [6, 6.07) is 12.6. The van der Waals surface area contributed by atoms with Crippen LogP contribution in [0.1, 0.15) is 11.1 Å². The fourth-order valence-corrected chi connectivity index (χ4v) is 2.85. The van der Waals surface area contributed by atoms with Crippen molar-refractivity contribution < 1.29 is 19.0 Å². The van der Waals surface area contributed by atoms with Crippen molar-refractivity contribution >= 4 is 11.7 Å². The number of nitrogens with one attached hydrogen (secondary N) is 1. The minimum Gasteiger partial charge on any atom is -0.493 e. The van der Waals surface area contributed by atoms with Gasteiger partial charge >= 0.3 is 6.03 Å². The number of carbonyl (C=O) groups excluding carboxylic acids is 1. The van der Waals surface area contributed by atoms with Crippen molar-refractivity contribution in [3.8, 4) is 17.4 Å². The highest BCUT2D eigenvalue weighted by Crippen LogP contribution is 2.31. The average Bonchev–Trinajstić information content (AvgIpc) is 2.79. The molecule has 3 aromatic rings. The lowest BCUT2D eigenvalue weighted by atomic mass is 10.2. The van der Waals surface area contributed by atoms with Crippen LogP contribution in [0.4, 0.5) is 10.5 Å². The minimum absolute atomic E-state index is 0.253. The van der Waals surface area contributed by atoms with Gasteiger partial charge in [0.2, 0.25) is 5.88 Å². The molecule has 0 saturated heterocycles. The van der Waals surface area contributed by atoms with Crippen LogP contribution < -0.4 is 14.8 Å². The molecule has 2 amide bonds. The minimum atomic E-state index is -0.253. The zero-order chi connectivity index (χ0) is 22.1. The molecule has 0 spiro atoms. The van der Waals surface area contributed by atoms with Gasteiger partial charge in [-0.05, 0) is 42.3 Å². The molecular weight excluding hydrogens is 396 g/mol. The number of benzene rings is 1. The lowest BCUT2D eigenvalue weighted by molar-refractivity contribution is 0.153. The molecule has 0 aliphatic carbocycles. The molecule has 2 heterocycles. The molecular formula is C23H26N4O4. The van der Waals surface area contributed by atoms with E-state index >= 15 is 0 Å². The number of rotatable bonds is 9. The van der Waals surface area contributed by atoms with E-state index in [1.165, 1.54) is 0 Å². The molecule has 0 saturated carbocycles. The molecule has 162 valence electrons. The van der Waals surface area contributed by atoms with Gasteiger partial charge in [-0.1, -0.05) is 12.1 Å². The highest BCUT2D eigenvalue weighted by molar-refractivity contribution is 5.89. The Morgan fingerprint density at radius 2 is 1.97 bits per heavy atom. The Morgan fingerprint density at radius 3 is 2.65 bits per heavy atom. The number of ether oxygens (including phenoxy) is 3. The van der Waals surface area contributed by atoms with Gasteiger partial charge in [-0.25, -0.2) is 9.78 Å². The second-order valence-corrected chi connectivity index (χ2v) is 6.85. The van der Waals surface area contributed by atoms with Gasteiger partial charge in [-0.3, -0.25) is 4.98 Å². The lowest BCUT2D eigenvalue weighted by Crippen LogP contribution is -2.36. The van der Waals surface area contributed by atoms with Crippen LogP contribution in [0.3, 0.4) is 0 Å². The van der Waals surface area contributed by atoms with Crippen LogP contribution in [0.5, 0.6) is 17.4 Å². The standard InChI is InChI=1S/C23H26N4O4/c1-17-6-8-20(21(13-17)30-3)31-22-9-7-19(15-25-22)26-23(28)27(11-12-29-2)16-18-5-4-10-24-14-18/h4-10,13-15H,11-12,16H2,1-3H3,(H,26,28). The zero-order valence-corrected chi connectivity index (χ0v) is 17.9. The number of aryl methyl sites for hydroxylation is 1. The molecule has 0 fully saturated rings. The zero-order valence-electron chi connectivity index (χ0n) is 17.9. The van der Waals surface area contributed by atoms with Crippen molar-refractivity contribution in [2.45, 2.75) is 13.5 Å². The summed E-state index contributed by atoms with van der Waals surface area (Å²) in [5.41, 5.74) is 2.56. The van der Waals surface area contributed by atoms with Crippen molar-refractivity contribution in [3.63, 3.8) is 0 Å². The maximum absolute atomic E-state index is 12.8. The molecule has 1 N–H and O–H groups in total. The smallest absolute Gasteiger partial charge is 0.322 e. The van der Waals surface area contributed by atoms with Crippen molar-refractivity contribution in [2.24, 2.45) is 0 Å². The van der Waals surface area contributed by atoms with Crippen molar-refractivity contribution in [1.82, 2.24) is 14.9 Å². The van der Waals surface area contributed by atoms with Gasteiger partial charge in [0.25, 0.3) is 0 Å². The van der Waals surface area contributed by atoms with Gasteiger partial charge in [0.05, 0.1) is 25.6 Å². The molecule has 0 bridgehead atoms. The molecule has 0 aliphatic rings. The van der Waals surface area contributed by atoms with E-state index in [9.17, 15) is 4.79 Å². The normalized spacial score (nSPS) is 10.4. The fourth-order valence-electron chi connectivity index (χ4n) is 2.85. The highest BCUT2D eigenvalue weighted by atomic mass is 16.5. The van der Waals surface area contributed by atoms with Crippen molar-refractivity contribution in [1.29, 1.82) is 0 Å². The topological polar surface area (TPSA) is 85.8 Å². The monoisotopic (exact) mass is 422 g/mol. The van der Waals surface area contributed by atoms with E-state index in [2.05, 4.69) is 15.3 Å². The number of pyridine rings is 2. The van der Waals surface area contributed by atoms with Crippen LogP contribution in [0.2, 0.25) is 0 Å². The number of nitrogens with zero attached hydrogens (tertiary/aromatic N) is 3. The summed E-state index contributed by atoms with van der Waals surface area (Å²) in [6.45, 7) is 3.27. The summed E-state index contributed by atoms with van der Waals surface area (Å²) in [4.78, 5) is 22.8. The van der Waals surface area contributed by atoms with E-state index in [-0.39, 0.29) is 6.03 Å². The van der Waals surface area contributed by atoms with Crippen LogP contribution in [0.25, 0.3) is 0 Å². The summed E-state index contributed by atoms with van der Waals surface area (Å²) in [5, 5.41) is 2.86. The van der Waals surface area contributed by atoms with Gasteiger partial charge in [0, 0.05) is 38.7 Å². The third-order valence-corrected chi connectivity index (χ3v) is 4.47. The van der Waals surface area contributed by atoms with Crippen molar-refractivity contribution in [2.75, 3.05) is 32.7 Å². The van der Waals surface area contributed by atoms with Crippen LogP contribution in [0.15, 0.2) is 61.1 Å². The van der Waals surface area contributed by atoms with Gasteiger partial charge < -0.3 is 24.4 Å². The first-order chi connectivity index (χ1) is 15.1. The maximum Gasteiger partial charge on any atom is 0.322 e. The van der Waals surface area contributed by atoms with E-state index in [0.717, 1.165) is 11.1 Å². The molecule has 0 unspecified atom stereocenters. The summed E-state index contributed by atoms with van der Waals surface area (Å²) < 4.78 is 16.3. The fraction of sp³-hybridized carbons (Fsp3) is 0.261. The number of hydrogen-bond donors (Lipinski definition) is 1. The summed E-state index contributed by atoms with van der Waals surface area (Å²) >= 11 is 0. The largest absolute Gasteiger partial charge is 0.493 e. The number of hydrogen-bond acceptors (Lipinski definition) is 6. The Bertz CT molecular complexity index is 981. The number of aromatic nitrogens is 2. The van der Waals surface area contributed by atoms with E-state index in [0.29, 0.717) is 42.8 Å². The SMILES string of the molecule is COCCN(Cc1cccnc1)C(=O)Nc1ccc(Oc2ccc(C)cc2OC)nc1. The second kappa shape index (κ2) is 10.9. The van der Waals surface area contributed by atoms with E-state index in [1.54, 1.807) is 49.8 Å². The van der Waals surface area contributed by atoms with Crippen LogP contribution >= 0.6 is 0 Å². The number of amides is 2. The van der Waals surface area contributed by atoms with Gasteiger partial charge in [0.1, 0.15) is 0 Å². The predicted molar refractivity (Wildman–Crippen MR) is 118 cm³/mol. The quantitative estimate of drug-likeness (QED) is 0.554. The second-order valence-electron chi connectivity index (χ2n) is 6.85. The van der Waals surface area contributed by atoms with Crippen molar-refractivity contribution in [3.05, 3.63) is 72.2 Å². The molecule has 31 heavy (non-hydrogen) atoms. The third-order valence-electron chi connectivity index (χ3n) is 4.47. The van der Waals surface area contributed by atoms with E-state index < -0.39 is 0 Å². The van der Waals surface area contributed by atoms with Gasteiger partial charge in [-0.2, -0.15) is 0 Å². The molecule has 0 radical (unpaired) electrons. The molecule has 2 aromatic heterocycles. The first kappa shape index (κ1) is 22.0. The van der Waals surface area contributed by atoms with E-state index in [1.807, 2.05) is 37.3 Å². The number of carbonyl (C=O) groups is 1. The first-order valence-electron chi connectivity index (χ1n) is 9.81. The van der Waals surface area contributed by atoms with Crippen LogP contribution in [0, 0.1) is 6.92 Å². The number of anilines is 1.